The van der Waals surface area contributed by atoms with Gasteiger partial charge < -0.3 is 5.11 Å². The molecule has 0 saturated carbocycles. The van der Waals surface area contributed by atoms with Gasteiger partial charge in [0.1, 0.15) is 0 Å². The van der Waals surface area contributed by atoms with Crippen molar-refractivity contribution in [3.05, 3.63) is 78.5 Å². The Labute approximate surface area is 133 Å². The maximum absolute atomic E-state index is 9.32. The minimum absolute atomic E-state index is 0.0170. The Bertz CT molecular complexity index is 961. The van der Waals surface area contributed by atoms with E-state index in [0.717, 1.165) is 33.7 Å². The second-order valence-electron chi connectivity index (χ2n) is 5.28. The van der Waals surface area contributed by atoms with Crippen molar-refractivity contribution in [2.45, 2.75) is 6.61 Å². The van der Waals surface area contributed by atoms with Gasteiger partial charge in [-0.25, -0.2) is 9.50 Å². The molecule has 0 fully saturated rings. The van der Waals surface area contributed by atoms with E-state index in [9.17, 15) is 5.11 Å². The summed E-state index contributed by atoms with van der Waals surface area (Å²) in [7, 11) is 0. The van der Waals surface area contributed by atoms with E-state index in [4.69, 9.17) is 5.10 Å². The third-order valence-corrected chi connectivity index (χ3v) is 3.77. The van der Waals surface area contributed by atoms with E-state index in [1.54, 1.807) is 6.20 Å². The molecule has 0 unspecified atom stereocenters. The lowest BCUT2D eigenvalue weighted by Gasteiger charge is -2.05. The van der Waals surface area contributed by atoms with Crippen molar-refractivity contribution in [3.8, 4) is 22.5 Å². The molecular formula is C19H14N3O. The standard InChI is InChI=1S/C19H14N3O/c23-13-14-5-4-8-16(11-14)18-12-20-19-10-9-17(21-22(18)19)15-6-2-1-3-7-15/h1-2,4-12,23H,13H2. The molecular weight excluding hydrogens is 286 g/mol. The van der Waals surface area contributed by atoms with Crippen LogP contribution in [-0.2, 0) is 6.61 Å². The molecule has 0 aliphatic heterocycles. The van der Waals surface area contributed by atoms with Crippen LogP contribution in [0.2, 0.25) is 0 Å². The van der Waals surface area contributed by atoms with Gasteiger partial charge in [-0.1, -0.05) is 36.4 Å². The SMILES string of the molecule is OCc1cccc(-c2cnc3ccc(-c4c[c]ccc4)nn23)c1. The van der Waals surface area contributed by atoms with Crippen LogP contribution in [-0.4, -0.2) is 19.7 Å². The molecule has 2 aromatic heterocycles. The molecule has 4 rings (SSSR count). The topological polar surface area (TPSA) is 50.4 Å². The Morgan fingerprint density at radius 1 is 1.04 bits per heavy atom. The Kier molecular flexibility index (Phi) is 3.37. The molecule has 1 radical (unpaired) electrons. The number of benzene rings is 2. The fraction of sp³-hybridized carbons (Fsp3) is 0.0526. The normalized spacial score (nSPS) is 11.0. The lowest BCUT2D eigenvalue weighted by Crippen LogP contribution is -1.97. The molecule has 23 heavy (non-hydrogen) atoms. The van der Waals surface area contributed by atoms with Gasteiger partial charge in [-0.3, -0.25) is 0 Å². The minimum atomic E-state index is 0.0170. The summed E-state index contributed by atoms with van der Waals surface area (Å²) in [4.78, 5) is 4.42. The summed E-state index contributed by atoms with van der Waals surface area (Å²) in [5.41, 5.74) is 5.42. The fourth-order valence-electron chi connectivity index (χ4n) is 2.61. The predicted molar refractivity (Wildman–Crippen MR) is 88.6 cm³/mol. The average molecular weight is 300 g/mol. The van der Waals surface area contributed by atoms with E-state index in [0.29, 0.717) is 0 Å². The van der Waals surface area contributed by atoms with Crippen molar-refractivity contribution in [2.75, 3.05) is 0 Å². The number of hydrogen-bond acceptors (Lipinski definition) is 3. The first kappa shape index (κ1) is 13.7. The quantitative estimate of drug-likeness (QED) is 0.631. The molecule has 0 atom stereocenters. The van der Waals surface area contributed by atoms with Crippen molar-refractivity contribution >= 4 is 5.65 Å². The maximum Gasteiger partial charge on any atom is 0.154 e. The van der Waals surface area contributed by atoms with E-state index in [2.05, 4.69) is 11.1 Å². The highest BCUT2D eigenvalue weighted by Gasteiger charge is 2.09. The Morgan fingerprint density at radius 3 is 2.78 bits per heavy atom. The van der Waals surface area contributed by atoms with Crippen molar-refractivity contribution < 1.29 is 5.11 Å². The number of aliphatic hydroxyl groups excluding tert-OH is 1. The first-order valence-corrected chi connectivity index (χ1v) is 7.36. The van der Waals surface area contributed by atoms with Crippen molar-refractivity contribution in [3.63, 3.8) is 0 Å². The largest absolute Gasteiger partial charge is 0.392 e. The van der Waals surface area contributed by atoms with Gasteiger partial charge in [0.05, 0.1) is 24.2 Å². The number of imidazole rings is 1. The molecule has 0 bridgehead atoms. The zero-order valence-electron chi connectivity index (χ0n) is 12.3. The predicted octanol–water partition coefficient (Wildman–Crippen LogP) is 3.36. The van der Waals surface area contributed by atoms with Gasteiger partial charge in [0.2, 0.25) is 0 Å². The lowest BCUT2D eigenvalue weighted by atomic mass is 10.1. The fourth-order valence-corrected chi connectivity index (χ4v) is 2.61. The molecule has 0 amide bonds. The summed E-state index contributed by atoms with van der Waals surface area (Å²) in [6.45, 7) is 0.0170. The van der Waals surface area contributed by atoms with Crippen molar-refractivity contribution in [1.82, 2.24) is 14.6 Å². The van der Waals surface area contributed by atoms with Gasteiger partial charge in [0, 0.05) is 11.1 Å². The lowest BCUT2D eigenvalue weighted by molar-refractivity contribution is 0.282. The van der Waals surface area contributed by atoms with E-state index in [1.165, 1.54) is 0 Å². The molecule has 111 valence electrons. The van der Waals surface area contributed by atoms with Gasteiger partial charge in [0.15, 0.2) is 5.65 Å². The molecule has 0 saturated heterocycles. The second-order valence-corrected chi connectivity index (χ2v) is 5.28. The van der Waals surface area contributed by atoms with Gasteiger partial charge in [0.25, 0.3) is 0 Å². The Balaban J connectivity index is 1.88. The molecule has 2 aromatic carbocycles. The van der Waals surface area contributed by atoms with E-state index < -0.39 is 0 Å². The van der Waals surface area contributed by atoms with E-state index in [-0.39, 0.29) is 6.61 Å². The van der Waals surface area contributed by atoms with Crippen LogP contribution in [0.4, 0.5) is 0 Å². The van der Waals surface area contributed by atoms with E-state index >= 15 is 0 Å². The molecule has 4 heteroatoms. The highest BCUT2D eigenvalue weighted by Crippen LogP contribution is 2.23. The summed E-state index contributed by atoms with van der Waals surface area (Å²) in [6, 6.07) is 22.5. The molecule has 0 aliphatic carbocycles. The van der Waals surface area contributed by atoms with Gasteiger partial charge >= 0.3 is 0 Å². The maximum atomic E-state index is 9.32. The van der Waals surface area contributed by atoms with Crippen LogP contribution < -0.4 is 0 Å². The van der Waals surface area contributed by atoms with Crippen LogP contribution >= 0.6 is 0 Å². The number of rotatable bonds is 3. The first-order chi connectivity index (χ1) is 11.3. The molecule has 0 aliphatic rings. The highest BCUT2D eigenvalue weighted by atomic mass is 16.3. The molecule has 4 aromatic rings. The average Bonchev–Trinajstić information content (AvgIpc) is 3.05. The molecule has 4 nitrogen and oxygen atoms in total. The van der Waals surface area contributed by atoms with Crippen molar-refractivity contribution in [1.29, 1.82) is 0 Å². The monoisotopic (exact) mass is 300 g/mol. The summed E-state index contributed by atoms with van der Waals surface area (Å²) in [6.07, 6.45) is 1.81. The number of aliphatic hydroxyl groups is 1. The van der Waals surface area contributed by atoms with Gasteiger partial charge in [-0.2, -0.15) is 5.10 Å². The number of fused-ring (bicyclic) bond motifs is 1. The van der Waals surface area contributed by atoms with Crippen LogP contribution in [0.25, 0.3) is 28.2 Å². The summed E-state index contributed by atoms with van der Waals surface area (Å²) >= 11 is 0. The third kappa shape index (κ3) is 2.49. The third-order valence-electron chi connectivity index (χ3n) is 3.77. The number of aromatic nitrogens is 3. The number of hydrogen-bond donors (Lipinski definition) is 1. The minimum Gasteiger partial charge on any atom is -0.392 e. The van der Waals surface area contributed by atoms with Crippen molar-refractivity contribution in [2.24, 2.45) is 0 Å². The van der Waals surface area contributed by atoms with Crippen LogP contribution in [0.5, 0.6) is 0 Å². The van der Waals surface area contributed by atoms with E-state index in [1.807, 2.05) is 65.2 Å². The smallest absolute Gasteiger partial charge is 0.154 e. The summed E-state index contributed by atoms with van der Waals surface area (Å²) in [5, 5.41) is 14.0. The highest BCUT2D eigenvalue weighted by molar-refractivity contribution is 5.66. The van der Waals surface area contributed by atoms with Gasteiger partial charge in [-0.15, -0.1) is 0 Å². The van der Waals surface area contributed by atoms with Crippen LogP contribution in [0.15, 0.2) is 66.9 Å². The Hall–Kier alpha value is -2.98. The molecule has 2 heterocycles. The summed E-state index contributed by atoms with van der Waals surface area (Å²) < 4.78 is 1.83. The van der Waals surface area contributed by atoms with Crippen LogP contribution in [0.3, 0.4) is 0 Å². The van der Waals surface area contributed by atoms with Crippen LogP contribution in [0.1, 0.15) is 5.56 Å². The van der Waals surface area contributed by atoms with Crippen LogP contribution in [0, 0.1) is 6.07 Å². The molecule has 0 spiro atoms. The first-order valence-electron chi connectivity index (χ1n) is 7.36. The zero-order chi connectivity index (χ0) is 15.6. The zero-order valence-corrected chi connectivity index (χ0v) is 12.3. The summed E-state index contributed by atoms with van der Waals surface area (Å²) in [5.74, 6) is 0. The Morgan fingerprint density at radius 2 is 1.96 bits per heavy atom. The second kappa shape index (κ2) is 5.66. The molecule has 1 N–H and O–H groups in total. The number of nitrogens with zero attached hydrogens (tertiary/aromatic N) is 3. The van der Waals surface area contributed by atoms with Gasteiger partial charge in [-0.05, 0) is 35.9 Å².